The van der Waals surface area contributed by atoms with Crippen molar-refractivity contribution in [3.63, 3.8) is 0 Å². The van der Waals surface area contributed by atoms with Gasteiger partial charge in [0.15, 0.2) is 0 Å². The Balaban J connectivity index is 2.02. The molecule has 0 aromatic heterocycles. The van der Waals surface area contributed by atoms with E-state index in [0.29, 0.717) is 16.6 Å². The first-order chi connectivity index (χ1) is 8.05. The second-order valence-electron chi connectivity index (χ2n) is 7.51. The van der Waals surface area contributed by atoms with Crippen molar-refractivity contribution in [3.8, 4) is 0 Å². The number of hydrogen-bond donors (Lipinski definition) is 0. The molecule has 0 spiro atoms. The molecule has 0 amide bonds. The Morgan fingerprint density at radius 2 is 1.35 bits per heavy atom. The normalized spacial score (nSPS) is 50.3. The van der Waals surface area contributed by atoms with Gasteiger partial charge in [-0.25, -0.2) is 0 Å². The number of nitrogens with zero attached hydrogens (tertiary/aromatic N) is 1. The molecule has 3 fully saturated rings. The van der Waals surface area contributed by atoms with Crippen molar-refractivity contribution in [2.45, 2.75) is 102 Å². The molecule has 2 unspecified atom stereocenters. The molecule has 3 aliphatic rings. The van der Waals surface area contributed by atoms with Crippen molar-refractivity contribution in [2.24, 2.45) is 0 Å². The summed E-state index contributed by atoms with van der Waals surface area (Å²) in [7, 11) is 0. The van der Waals surface area contributed by atoms with Gasteiger partial charge in [0.2, 0.25) is 0 Å². The molecule has 1 heteroatoms. The minimum atomic E-state index is 0.544. The van der Waals surface area contributed by atoms with Crippen LogP contribution in [0.15, 0.2) is 0 Å². The highest BCUT2D eigenvalue weighted by molar-refractivity contribution is 5.16. The maximum absolute atomic E-state index is 3.05. The van der Waals surface area contributed by atoms with E-state index >= 15 is 0 Å². The zero-order valence-electron chi connectivity index (χ0n) is 12.0. The minimum absolute atomic E-state index is 0.544. The maximum Gasteiger partial charge on any atom is 0.0220 e. The molecule has 17 heavy (non-hydrogen) atoms. The first kappa shape index (κ1) is 12.0. The summed E-state index contributed by atoms with van der Waals surface area (Å²) in [6.07, 6.45) is 14.5. The summed E-state index contributed by atoms with van der Waals surface area (Å²) in [4.78, 5) is 3.05. The third-order valence-corrected chi connectivity index (χ3v) is 6.19. The van der Waals surface area contributed by atoms with Crippen LogP contribution in [0.2, 0.25) is 0 Å². The molecule has 0 N–H and O–H groups in total. The van der Waals surface area contributed by atoms with Crippen LogP contribution in [0.1, 0.15) is 85.0 Å². The van der Waals surface area contributed by atoms with Crippen LogP contribution in [-0.2, 0) is 0 Å². The lowest BCUT2D eigenvalue weighted by Crippen LogP contribution is -2.67. The van der Waals surface area contributed by atoms with E-state index in [1.165, 1.54) is 64.2 Å². The van der Waals surface area contributed by atoms with Crippen molar-refractivity contribution in [1.82, 2.24) is 4.90 Å². The summed E-state index contributed by atoms with van der Waals surface area (Å²) < 4.78 is 0. The Bertz CT molecular complexity index is 281. The van der Waals surface area contributed by atoms with Gasteiger partial charge in [0.05, 0.1) is 0 Å². The number of piperidine rings is 2. The molecule has 3 aliphatic heterocycles. The van der Waals surface area contributed by atoms with Crippen molar-refractivity contribution in [2.75, 3.05) is 0 Å². The first-order valence-corrected chi connectivity index (χ1v) is 7.85. The van der Waals surface area contributed by atoms with E-state index in [9.17, 15) is 0 Å². The zero-order valence-corrected chi connectivity index (χ0v) is 12.0. The first-order valence-electron chi connectivity index (χ1n) is 7.85. The van der Waals surface area contributed by atoms with Crippen LogP contribution in [0, 0.1) is 0 Å². The molecular formula is C16H29N. The molecule has 3 heterocycles. The van der Waals surface area contributed by atoms with E-state index in [1.54, 1.807) is 0 Å². The molecule has 1 nitrogen and oxygen atoms in total. The van der Waals surface area contributed by atoms with Gasteiger partial charge < -0.3 is 0 Å². The number of rotatable bonds is 2. The maximum atomic E-state index is 3.05. The molecule has 0 aromatic carbocycles. The van der Waals surface area contributed by atoms with Crippen LogP contribution in [0.25, 0.3) is 0 Å². The van der Waals surface area contributed by atoms with Crippen molar-refractivity contribution in [1.29, 1.82) is 0 Å². The van der Waals surface area contributed by atoms with Crippen LogP contribution >= 0.6 is 0 Å². The minimum Gasteiger partial charge on any atom is -0.287 e. The van der Waals surface area contributed by atoms with Gasteiger partial charge in [0.1, 0.15) is 0 Å². The topological polar surface area (TPSA) is 3.24 Å². The van der Waals surface area contributed by atoms with Crippen molar-refractivity contribution < 1.29 is 0 Å². The molecule has 0 aliphatic carbocycles. The monoisotopic (exact) mass is 235 g/mol. The fourth-order valence-electron chi connectivity index (χ4n) is 5.80. The lowest BCUT2D eigenvalue weighted by Gasteiger charge is -2.62. The van der Waals surface area contributed by atoms with E-state index < -0.39 is 0 Å². The highest BCUT2D eigenvalue weighted by Gasteiger charge is 2.60. The Morgan fingerprint density at radius 1 is 0.824 bits per heavy atom. The third kappa shape index (κ3) is 1.54. The summed E-state index contributed by atoms with van der Waals surface area (Å²) in [5.41, 5.74) is 1.68. The standard InChI is InChI=1S/C16H29N/c1-4-7-16-10-5-8-14(2)12-13-15(3,17(14)16)9-6-11-16/h4-13H2,1-3H3. The smallest absolute Gasteiger partial charge is 0.0220 e. The van der Waals surface area contributed by atoms with Crippen molar-refractivity contribution >= 4 is 0 Å². The molecule has 0 bridgehead atoms. The Morgan fingerprint density at radius 3 is 1.82 bits per heavy atom. The van der Waals surface area contributed by atoms with Crippen LogP contribution < -0.4 is 0 Å². The molecule has 98 valence electrons. The Kier molecular flexibility index (Phi) is 2.63. The summed E-state index contributed by atoms with van der Waals surface area (Å²) in [5, 5.41) is 0. The van der Waals surface area contributed by atoms with Gasteiger partial charge in [-0.2, -0.15) is 0 Å². The van der Waals surface area contributed by atoms with E-state index in [2.05, 4.69) is 25.7 Å². The molecule has 2 atom stereocenters. The van der Waals surface area contributed by atoms with Crippen molar-refractivity contribution in [3.05, 3.63) is 0 Å². The van der Waals surface area contributed by atoms with Gasteiger partial charge in [-0.1, -0.05) is 13.3 Å². The predicted molar refractivity (Wildman–Crippen MR) is 73.2 cm³/mol. The summed E-state index contributed by atoms with van der Waals surface area (Å²) in [6, 6.07) is 0. The number of hydrogen-bond acceptors (Lipinski definition) is 1. The highest BCUT2D eigenvalue weighted by Crippen LogP contribution is 2.59. The molecule has 0 radical (unpaired) electrons. The Labute approximate surface area is 107 Å². The average molecular weight is 235 g/mol. The third-order valence-electron chi connectivity index (χ3n) is 6.19. The molecule has 0 aromatic rings. The summed E-state index contributed by atoms with van der Waals surface area (Å²) >= 11 is 0. The molecule has 3 saturated heterocycles. The van der Waals surface area contributed by atoms with Gasteiger partial charge in [0, 0.05) is 16.6 Å². The van der Waals surface area contributed by atoms with Gasteiger partial charge in [0.25, 0.3) is 0 Å². The van der Waals surface area contributed by atoms with Crippen LogP contribution in [-0.4, -0.2) is 21.5 Å². The van der Waals surface area contributed by atoms with Gasteiger partial charge in [-0.3, -0.25) is 4.90 Å². The molecule has 0 saturated carbocycles. The highest BCUT2D eigenvalue weighted by atomic mass is 15.3. The van der Waals surface area contributed by atoms with E-state index in [-0.39, 0.29) is 0 Å². The van der Waals surface area contributed by atoms with Crippen LogP contribution in [0.5, 0.6) is 0 Å². The van der Waals surface area contributed by atoms with E-state index in [0.717, 1.165) is 0 Å². The van der Waals surface area contributed by atoms with Crippen LogP contribution in [0.3, 0.4) is 0 Å². The molecular weight excluding hydrogens is 206 g/mol. The largest absolute Gasteiger partial charge is 0.287 e. The molecule has 3 rings (SSSR count). The second-order valence-corrected chi connectivity index (χ2v) is 7.51. The fourth-order valence-corrected chi connectivity index (χ4v) is 5.80. The van der Waals surface area contributed by atoms with E-state index in [4.69, 9.17) is 0 Å². The average Bonchev–Trinajstić information content (AvgIpc) is 2.54. The fraction of sp³-hybridized carbons (Fsp3) is 1.00. The second kappa shape index (κ2) is 3.73. The van der Waals surface area contributed by atoms with Gasteiger partial charge in [-0.15, -0.1) is 0 Å². The Hall–Kier alpha value is -0.0400. The van der Waals surface area contributed by atoms with Gasteiger partial charge in [-0.05, 0) is 71.6 Å². The SMILES string of the molecule is CCCC12CCCC3(C)CCC(C)(CCC1)N32. The summed E-state index contributed by atoms with van der Waals surface area (Å²) in [6.45, 7) is 7.50. The quantitative estimate of drug-likeness (QED) is 0.681. The predicted octanol–water partition coefficient (Wildman–Crippen LogP) is 4.51. The van der Waals surface area contributed by atoms with Gasteiger partial charge >= 0.3 is 0 Å². The lowest BCUT2D eigenvalue weighted by atomic mass is 9.68. The van der Waals surface area contributed by atoms with Crippen LogP contribution in [0.4, 0.5) is 0 Å². The zero-order chi connectivity index (χ0) is 12.1. The summed E-state index contributed by atoms with van der Waals surface area (Å²) in [5.74, 6) is 0. The van der Waals surface area contributed by atoms with E-state index in [1.807, 2.05) is 0 Å². The lowest BCUT2D eigenvalue weighted by molar-refractivity contribution is -0.120.